The molecular weight excluding hydrogens is 230 g/mol. The molecule has 2 unspecified atom stereocenters. The van der Waals surface area contributed by atoms with Gasteiger partial charge in [0, 0.05) is 18.6 Å². The molecule has 5 N–H and O–H groups in total. The summed E-state index contributed by atoms with van der Waals surface area (Å²) in [4.78, 5) is 8.44. The van der Waals surface area contributed by atoms with Crippen molar-refractivity contribution in [3.8, 4) is 0 Å². The zero-order valence-electron chi connectivity index (χ0n) is 10.1. The molecule has 2 aliphatic heterocycles. The summed E-state index contributed by atoms with van der Waals surface area (Å²) in [5.41, 5.74) is 13.1. The van der Waals surface area contributed by atoms with E-state index in [1.165, 1.54) is 0 Å². The van der Waals surface area contributed by atoms with Crippen molar-refractivity contribution >= 4 is 17.8 Å². The van der Waals surface area contributed by atoms with Crippen LogP contribution >= 0.6 is 0 Å². The van der Waals surface area contributed by atoms with Crippen LogP contribution < -0.4 is 16.8 Å². The molecule has 0 radical (unpaired) electrons. The van der Waals surface area contributed by atoms with Crippen molar-refractivity contribution in [1.82, 2.24) is 4.98 Å². The van der Waals surface area contributed by atoms with Crippen LogP contribution in [-0.2, 0) is 10.4 Å². The summed E-state index contributed by atoms with van der Waals surface area (Å²) in [7, 11) is 0. The number of ether oxygens (including phenoxy) is 1. The maximum absolute atomic E-state index is 6.42. The minimum Gasteiger partial charge on any atom is -0.384 e. The molecule has 18 heavy (non-hydrogen) atoms. The highest BCUT2D eigenvalue weighted by Crippen LogP contribution is 2.36. The molecule has 0 bridgehead atoms. The van der Waals surface area contributed by atoms with Crippen molar-refractivity contribution in [3.63, 3.8) is 0 Å². The van der Waals surface area contributed by atoms with Crippen molar-refractivity contribution in [2.75, 3.05) is 17.7 Å². The molecule has 0 aromatic carbocycles. The summed E-state index contributed by atoms with van der Waals surface area (Å²) in [6.45, 7) is 0.814. The van der Waals surface area contributed by atoms with Crippen LogP contribution in [0.3, 0.4) is 0 Å². The third-order valence-corrected chi connectivity index (χ3v) is 3.47. The average molecular weight is 247 g/mol. The highest BCUT2D eigenvalue weighted by atomic mass is 16.5. The van der Waals surface area contributed by atoms with Gasteiger partial charge in [0.1, 0.15) is 11.5 Å². The zero-order chi connectivity index (χ0) is 12.6. The Morgan fingerprint density at radius 3 is 3.22 bits per heavy atom. The first-order valence-electron chi connectivity index (χ1n) is 6.14. The van der Waals surface area contributed by atoms with Gasteiger partial charge in [-0.25, -0.2) is 9.98 Å². The Hall–Kier alpha value is -1.66. The Balaban J connectivity index is 1.93. The molecule has 0 aliphatic carbocycles. The largest absolute Gasteiger partial charge is 0.384 e. The van der Waals surface area contributed by atoms with E-state index >= 15 is 0 Å². The molecule has 3 rings (SSSR count). The molecule has 1 aromatic heterocycles. The first-order valence-corrected chi connectivity index (χ1v) is 6.14. The summed E-state index contributed by atoms with van der Waals surface area (Å²) >= 11 is 0. The number of aliphatic imine (C=N–C) groups is 1. The second kappa shape index (κ2) is 4.22. The smallest absolute Gasteiger partial charge is 0.140 e. The standard InChI is InChI=1S/C12H17N5O/c13-11-4-9-10(6-15-11)16-7-17-12(9,14)5-8-2-1-3-18-8/h4,6-8H,1-3,5,14H2,(H2,13,15)(H,16,17). The molecule has 3 heterocycles. The quantitative estimate of drug-likeness (QED) is 0.718. The monoisotopic (exact) mass is 247 g/mol. The predicted molar refractivity (Wildman–Crippen MR) is 70.2 cm³/mol. The third-order valence-electron chi connectivity index (χ3n) is 3.47. The molecule has 6 nitrogen and oxygen atoms in total. The number of rotatable bonds is 2. The van der Waals surface area contributed by atoms with Crippen LogP contribution in [0.1, 0.15) is 24.8 Å². The Morgan fingerprint density at radius 1 is 1.56 bits per heavy atom. The highest BCUT2D eigenvalue weighted by Gasteiger charge is 2.35. The molecule has 2 atom stereocenters. The molecule has 1 fully saturated rings. The number of nitrogens with two attached hydrogens (primary N) is 2. The summed E-state index contributed by atoms with van der Waals surface area (Å²) < 4.78 is 5.64. The summed E-state index contributed by atoms with van der Waals surface area (Å²) in [5, 5.41) is 3.04. The van der Waals surface area contributed by atoms with Crippen LogP contribution in [0.2, 0.25) is 0 Å². The van der Waals surface area contributed by atoms with Crippen molar-refractivity contribution in [2.45, 2.75) is 31.0 Å². The lowest BCUT2D eigenvalue weighted by atomic mass is 9.92. The first kappa shape index (κ1) is 11.4. The van der Waals surface area contributed by atoms with Crippen LogP contribution in [0, 0.1) is 0 Å². The molecular formula is C12H17N5O. The maximum Gasteiger partial charge on any atom is 0.140 e. The Bertz CT molecular complexity index is 483. The van der Waals surface area contributed by atoms with E-state index in [9.17, 15) is 0 Å². The van der Waals surface area contributed by atoms with Crippen LogP contribution in [0.4, 0.5) is 11.5 Å². The fraction of sp³-hybridized carbons (Fsp3) is 0.500. The van der Waals surface area contributed by atoms with E-state index in [4.69, 9.17) is 16.2 Å². The normalized spacial score (nSPS) is 29.9. The number of hydrogen-bond donors (Lipinski definition) is 3. The third kappa shape index (κ3) is 1.93. The molecule has 6 heteroatoms. The van der Waals surface area contributed by atoms with E-state index in [1.807, 2.05) is 0 Å². The second-order valence-corrected chi connectivity index (χ2v) is 4.82. The molecule has 96 valence electrons. The molecule has 0 saturated carbocycles. The van der Waals surface area contributed by atoms with Crippen molar-refractivity contribution in [2.24, 2.45) is 10.7 Å². The van der Waals surface area contributed by atoms with Gasteiger partial charge < -0.3 is 21.5 Å². The number of nitrogens with zero attached hydrogens (tertiary/aromatic N) is 2. The minimum absolute atomic E-state index is 0.174. The highest BCUT2D eigenvalue weighted by molar-refractivity contribution is 5.81. The average Bonchev–Trinajstić information content (AvgIpc) is 2.83. The van der Waals surface area contributed by atoms with Gasteiger partial charge in [-0.2, -0.15) is 0 Å². The number of fused-ring (bicyclic) bond motifs is 1. The zero-order valence-corrected chi connectivity index (χ0v) is 10.1. The van der Waals surface area contributed by atoms with Gasteiger partial charge >= 0.3 is 0 Å². The van der Waals surface area contributed by atoms with Gasteiger partial charge in [-0.1, -0.05) is 0 Å². The molecule has 1 saturated heterocycles. The second-order valence-electron chi connectivity index (χ2n) is 4.82. The summed E-state index contributed by atoms with van der Waals surface area (Å²) in [6, 6.07) is 1.79. The van der Waals surface area contributed by atoms with Gasteiger partial charge in [0.25, 0.3) is 0 Å². The maximum atomic E-state index is 6.42. The minimum atomic E-state index is -0.771. The van der Waals surface area contributed by atoms with E-state index < -0.39 is 5.66 Å². The van der Waals surface area contributed by atoms with Crippen molar-refractivity contribution < 1.29 is 4.74 Å². The molecule has 0 spiro atoms. The number of hydrogen-bond acceptors (Lipinski definition) is 6. The van der Waals surface area contributed by atoms with Gasteiger partial charge in [0.05, 0.1) is 24.3 Å². The first-order chi connectivity index (χ1) is 8.67. The number of aromatic nitrogens is 1. The topological polar surface area (TPSA) is 98.5 Å². The Kier molecular flexibility index (Phi) is 2.68. The van der Waals surface area contributed by atoms with Crippen molar-refractivity contribution in [1.29, 1.82) is 0 Å². The fourth-order valence-corrected chi connectivity index (χ4v) is 2.55. The summed E-state index contributed by atoms with van der Waals surface area (Å²) in [5.74, 6) is 0.454. The van der Waals surface area contributed by atoms with Crippen LogP contribution in [-0.4, -0.2) is 24.0 Å². The lowest BCUT2D eigenvalue weighted by molar-refractivity contribution is 0.0840. The molecule has 1 aromatic rings. The van der Waals surface area contributed by atoms with Crippen LogP contribution in [0.5, 0.6) is 0 Å². The van der Waals surface area contributed by atoms with E-state index in [1.54, 1.807) is 18.6 Å². The lowest BCUT2D eigenvalue weighted by Gasteiger charge is -2.32. The van der Waals surface area contributed by atoms with Gasteiger partial charge in [-0.3, -0.25) is 0 Å². The van der Waals surface area contributed by atoms with Gasteiger partial charge in [0.15, 0.2) is 0 Å². The molecule has 2 aliphatic rings. The summed E-state index contributed by atoms with van der Waals surface area (Å²) in [6.07, 6.45) is 6.28. The Morgan fingerprint density at radius 2 is 2.44 bits per heavy atom. The van der Waals surface area contributed by atoms with Crippen LogP contribution in [0.25, 0.3) is 0 Å². The number of anilines is 2. The Labute approximate surface area is 105 Å². The van der Waals surface area contributed by atoms with E-state index in [0.29, 0.717) is 12.2 Å². The van der Waals surface area contributed by atoms with Gasteiger partial charge in [-0.05, 0) is 18.9 Å². The molecule has 0 amide bonds. The lowest BCUT2D eigenvalue weighted by Crippen LogP contribution is -2.41. The number of nitrogens with one attached hydrogen (secondary N) is 1. The van der Waals surface area contributed by atoms with Gasteiger partial charge in [0.2, 0.25) is 0 Å². The number of pyridine rings is 1. The van der Waals surface area contributed by atoms with E-state index in [-0.39, 0.29) is 6.10 Å². The SMILES string of the molecule is Nc1cc2c(cn1)NC=NC2(N)CC1CCCO1. The van der Waals surface area contributed by atoms with Crippen LogP contribution in [0.15, 0.2) is 17.3 Å². The fourth-order valence-electron chi connectivity index (χ4n) is 2.55. The van der Waals surface area contributed by atoms with E-state index in [0.717, 1.165) is 30.7 Å². The van der Waals surface area contributed by atoms with E-state index in [2.05, 4.69) is 15.3 Å². The predicted octanol–water partition coefficient (Wildman–Crippen LogP) is 0.798. The van der Waals surface area contributed by atoms with Crippen molar-refractivity contribution in [3.05, 3.63) is 17.8 Å². The number of nitrogen functional groups attached to an aromatic ring is 1. The van der Waals surface area contributed by atoms with Gasteiger partial charge in [-0.15, -0.1) is 0 Å².